The third kappa shape index (κ3) is 5.38. The molecular formula is C23H30N6OS. The van der Waals surface area contributed by atoms with Gasteiger partial charge in [-0.3, -0.25) is 4.79 Å². The number of nitrogens with one attached hydrogen (secondary N) is 1. The Morgan fingerprint density at radius 1 is 1.06 bits per heavy atom. The Labute approximate surface area is 188 Å². The molecule has 0 aliphatic carbocycles. The number of anilines is 2. The normalized spacial score (nSPS) is 12.5. The van der Waals surface area contributed by atoms with Crippen molar-refractivity contribution in [2.75, 3.05) is 30.2 Å². The minimum absolute atomic E-state index is 0.0749. The summed E-state index contributed by atoms with van der Waals surface area (Å²) in [4.78, 5) is 14.6. The third-order valence-electron chi connectivity index (χ3n) is 4.98. The molecule has 0 aliphatic heterocycles. The van der Waals surface area contributed by atoms with Gasteiger partial charge >= 0.3 is 0 Å². The molecule has 3 N–H and O–H groups in total. The summed E-state index contributed by atoms with van der Waals surface area (Å²) in [5.74, 6) is 6.68. The average Bonchev–Trinajstić information content (AvgIpc) is 3.08. The molecule has 0 fully saturated rings. The molecular weight excluding hydrogens is 408 g/mol. The van der Waals surface area contributed by atoms with E-state index in [1.807, 2.05) is 62.3 Å². The predicted octanol–water partition coefficient (Wildman–Crippen LogP) is 4.14. The summed E-state index contributed by atoms with van der Waals surface area (Å²) >= 11 is 1.27. The van der Waals surface area contributed by atoms with Gasteiger partial charge in [-0.2, -0.15) is 0 Å². The van der Waals surface area contributed by atoms with Crippen molar-refractivity contribution in [1.82, 2.24) is 14.9 Å². The first-order valence-corrected chi connectivity index (χ1v) is 11.0. The molecule has 31 heavy (non-hydrogen) atoms. The molecule has 0 radical (unpaired) electrons. The molecule has 164 valence electrons. The Balaban J connectivity index is 1.67. The molecule has 1 atom stereocenters. The van der Waals surface area contributed by atoms with Crippen LogP contribution in [-0.2, 0) is 10.2 Å². The van der Waals surface area contributed by atoms with E-state index in [0.717, 1.165) is 16.9 Å². The largest absolute Gasteiger partial charge is 0.378 e. The fourth-order valence-corrected chi connectivity index (χ4v) is 3.74. The fourth-order valence-electron chi connectivity index (χ4n) is 2.97. The second kappa shape index (κ2) is 9.01. The Hall–Kier alpha value is -3.00. The van der Waals surface area contributed by atoms with Crippen molar-refractivity contribution >= 4 is 29.0 Å². The summed E-state index contributed by atoms with van der Waals surface area (Å²) in [5, 5.41) is 11.4. The topological polar surface area (TPSA) is 89.1 Å². The second-order valence-corrected chi connectivity index (χ2v) is 10.0. The molecule has 0 saturated carbocycles. The lowest BCUT2D eigenvalue weighted by molar-refractivity contribution is -0.115. The van der Waals surface area contributed by atoms with Crippen molar-refractivity contribution in [2.45, 2.75) is 43.5 Å². The highest BCUT2D eigenvalue weighted by Gasteiger charge is 2.21. The summed E-state index contributed by atoms with van der Waals surface area (Å²) in [6.07, 6.45) is 0. The van der Waals surface area contributed by atoms with Gasteiger partial charge in [-0.05, 0) is 42.2 Å². The number of carbonyl (C=O) groups excluding carboxylic acids is 1. The highest BCUT2D eigenvalue weighted by molar-refractivity contribution is 8.00. The zero-order valence-corrected chi connectivity index (χ0v) is 19.7. The number of thioether (sulfide) groups is 1. The van der Waals surface area contributed by atoms with Crippen LogP contribution in [0.15, 0.2) is 53.7 Å². The van der Waals surface area contributed by atoms with Crippen molar-refractivity contribution in [2.24, 2.45) is 0 Å². The summed E-state index contributed by atoms with van der Waals surface area (Å²) < 4.78 is 1.44. The molecule has 3 aromatic rings. The Morgan fingerprint density at radius 2 is 1.68 bits per heavy atom. The molecule has 1 aromatic heterocycles. The number of benzene rings is 2. The maximum atomic E-state index is 12.6. The number of amides is 1. The van der Waals surface area contributed by atoms with Crippen LogP contribution in [-0.4, -0.2) is 40.1 Å². The number of hydrogen-bond acceptors (Lipinski definition) is 6. The summed E-state index contributed by atoms with van der Waals surface area (Å²) in [5.41, 5.74) is 4.01. The number of carbonyl (C=O) groups is 1. The van der Waals surface area contributed by atoms with E-state index in [0.29, 0.717) is 11.0 Å². The number of nitrogens with zero attached hydrogens (tertiary/aromatic N) is 4. The number of nitrogens with two attached hydrogens (primary N) is 1. The van der Waals surface area contributed by atoms with Crippen LogP contribution in [0.3, 0.4) is 0 Å². The minimum atomic E-state index is -0.392. The molecule has 2 aromatic carbocycles. The second-order valence-electron chi connectivity index (χ2n) is 8.69. The predicted molar refractivity (Wildman–Crippen MR) is 129 cm³/mol. The number of hydrogen-bond donors (Lipinski definition) is 2. The Kier molecular flexibility index (Phi) is 6.59. The average molecular weight is 439 g/mol. The van der Waals surface area contributed by atoms with Gasteiger partial charge in [-0.1, -0.05) is 56.8 Å². The lowest BCUT2D eigenvalue weighted by Crippen LogP contribution is -2.23. The lowest BCUT2D eigenvalue weighted by Gasteiger charge is -2.19. The van der Waals surface area contributed by atoms with E-state index in [1.54, 1.807) is 0 Å². The molecule has 1 amide bonds. The summed E-state index contributed by atoms with van der Waals surface area (Å²) in [6, 6.07) is 15.8. The summed E-state index contributed by atoms with van der Waals surface area (Å²) in [7, 11) is 3.95. The minimum Gasteiger partial charge on any atom is -0.378 e. The van der Waals surface area contributed by atoms with Crippen molar-refractivity contribution in [3.8, 4) is 11.4 Å². The van der Waals surface area contributed by atoms with Crippen LogP contribution < -0.4 is 16.1 Å². The number of nitrogen functional groups attached to an aromatic ring is 1. The molecule has 3 rings (SSSR count). The molecule has 8 heteroatoms. The Bertz CT molecular complexity index is 1040. The first-order chi connectivity index (χ1) is 14.6. The van der Waals surface area contributed by atoms with E-state index in [9.17, 15) is 4.79 Å². The first-order valence-electron chi connectivity index (χ1n) is 10.1. The van der Waals surface area contributed by atoms with Crippen molar-refractivity contribution in [3.63, 3.8) is 0 Å². The van der Waals surface area contributed by atoms with Gasteiger partial charge in [0.1, 0.15) is 0 Å². The van der Waals surface area contributed by atoms with Gasteiger partial charge in [0.2, 0.25) is 11.1 Å². The van der Waals surface area contributed by atoms with E-state index in [2.05, 4.69) is 48.4 Å². The van der Waals surface area contributed by atoms with Crippen LogP contribution in [0.1, 0.15) is 33.3 Å². The van der Waals surface area contributed by atoms with Crippen molar-refractivity contribution in [1.29, 1.82) is 0 Å². The monoisotopic (exact) mass is 438 g/mol. The highest BCUT2D eigenvalue weighted by Crippen LogP contribution is 2.28. The van der Waals surface area contributed by atoms with Crippen molar-refractivity contribution in [3.05, 3.63) is 54.1 Å². The first kappa shape index (κ1) is 22.7. The highest BCUT2D eigenvalue weighted by atomic mass is 32.2. The third-order valence-corrected chi connectivity index (χ3v) is 6.03. The van der Waals surface area contributed by atoms with E-state index in [4.69, 9.17) is 5.84 Å². The standard InChI is InChI=1S/C23H30N6OS/c1-15(21(30)25-18-11-13-19(14-12-18)28(5)6)31-22-27-26-20(29(22)24)16-7-9-17(10-8-16)23(2,3)4/h7-15H,24H2,1-6H3,(H,25,30). The van der Waals surface area contributed by atoms with Crippen LogP contribution in [0.4, 0.5) is 11.4 Å². The number of rotatable bonds is 6. The van der Waals surface area contributed by atoms with Crippen molar-refractivity contribution < 1.29 is 4.79 Å². The van der Waals surface area contributed by atoms with E-state index in [1.165, 1.54) is 22.0 Å². The van der Waals surface area contributed by atoms with Gasteiger partial charge in [0.15, 0.2) is 5.82 Å². The van der Waals surface area contributed by atoms with E-state index < -0.39 is 5.25 Å². The molecule has 0 bridgehead atoms. The fraction of sp³-hybridized carbons (Fsp3) is 0.348. The van der Waals surface area contributed by atoms with Gasteiger partial charge in [0, 0.05) is 31.0 Å². The summed E-state index contributed by atoms with van der Waals surface area (Å²) in [6.45, 7) is 8.34. The maximum absolute atomic E-state index is 12.6. The zero-order valence-electron chi connectivity index (χ0n) is 18.9. The van der Waals surface area contributed by atoms with Gasteiger partial charge in [-0.15, -0.1) is 10.2 Å². The van der Waals surface area contributed by atoms with Gasteiger partial charge in [0.25, 0.3) is 0 Å². The van der Waals surface area contributed by atoms with Gasteiger partial charge < -0.3 is 16.1 Å². The van der Waals surface area contributed by atoms with E-state index >= 15 is 0 Å². The van der Waals surface area contributed by atoms with E-state index in [-0.39, 0.29) is 11.3 Å². The number of aromatic nitrogens is 3. The zero-order chi connectivity index (χ0) is 22.8. The van der Waals surface area contributed by atoms with Crippen LogP contribution in [0.5, 0.6) is 0 Å². The smallest absolute Gasteiger partial charge is 0.237 e. The lowest BCUT2D eigenvalue weighted by atomic mass is 9.87. The molecule has 0 saturated heterocycles. The van der Waals surface area contributed by atoms with Crippen LogP contribution >= 0.6 is 11.8 Å². The molecule has 1 unspecified atom stereocenters. The van der Waals surface area contributed by atoms with Gasteiger partial charge in [-0.25, -0.2) is 4.68 Å². The molecule has 7 nitrogen and oxygen atoms in total. The molecule has 0 spiro atoms. The maximum Gasteiger partial charge on any atom is 0.237 e. The molecule has 1 heterocycles. The van der Waals surface area contributed by atoms with Crippen LogP contribution in [0, 0.1) is 0 Å². The van der Waals surface area contributed by atoms with Gasteiger partial charge in [0.05, 0.1) is 5.25 Å². The Morgan fingerprint density at radius 3 is 2.23 bits per heavy atom. The SMILES string of the molecule is CC(Sc1nnc(-c2ccc(C(C)(C)C)cc2)n1N)C(=O)Nc1ccc(N(C)C)cc1. The van der Waals surface area contributed by atoms with Crippen LogP contribution in [0.2, 0.25) is 0 Å². The molecule has 0 aliphatic rings. The quantitative estimate of drug-likeness (QED) is 0.444. The van der Waals surface area contributed by atoms with Crippen LogP contribution in [0.25, 0.3) is 11.4 Å².